The van der Waals surface area contributed by atoms with E-state index < -0.39 is 0 Å². The molecule has 0 N–H and O–H groups in total. The highest BCUT2D eigenvalue weighted by Crippen LogP contribution is 2.38. The molecule has 2 aliphatic rings. The normalized spacial score (nSPS) is 15.8. The van der Waals surface area contributed by atoms with Crippen LogP contribution < -0.4 is 9.90 Å². The lowest BCUT2D eigenvalue weighted by molar-refractivity contribution is 0.207. The van der Waals surface area contributed by atoms with Gasteiger partial charge in [0.05, 0.1) is 24.1 Å². The van der Waals surface area contributed by atoms with Crippen molar-refractivity contribution < 1.29 is 19.2 Å². The van der Waals surface area contributed by atoms with Crippen molar-refractivity contribution in [2.45, 2.75) is 26.8 Å². The largest absolute Gasteiger partial charge is 0.480 e. The zero-order valence-corrected chi connectivity index (χ0v) is 15.7. The molecule has 2 aliphatic heterocycles. The molecule has 25 heavy (non-hydrogen) atoms. The maximum absolute atomic E-state index is 6.10. The monoisotopic (exact) mass is 348 g/mol. The Morgan fingerprint density at radius 3 is 2.36 bits per heavy atom. The number of hydrogen-bond acceptors (Lipinski definition) is 8. The van der Waals surface area contributed by atoms with Crippen molar-refractivity contribution in [1.82, 2.24) is 0 Å². The first kappa shape index (κ1) is 18.6. The first-order valence-electron chi connectivity index (χ1n) is 7.80. The van der Waals surface area contributed by atoms with Gasteiger partial charge in [0.25, 0.3) is 0 Å². The van der Waals surface area contributed by atoms with E-state index in [-0.39, 0.29) is 6.04 Å². The van der Waals surface area contributed by atoms with Gasteiger partial charge in [-0.25, -0.2) is 5.06 Å². The topological polar surface area (TPSA) is 77.2 Å². The van der Waals surface area contributed by atoms with E-state index in [2.05, 4.69) is 15.3 Å². The number of ether oxygens (including phenoxy) is 1. The minimum absolute atomic E-state index is 0.100. The Kier molecular flexibility index (Phi) is 5.84. The van der Waals surface area contributed by atoms with Crippen molar-refractivity contribution in [2.24, 2.45) is 15.3 Å². The van der Waals surface area contributed by atoms with E-state index in [4.69, 9.17) is 19.2 Å². The fourth-order valence-electron chi connectivity index (χ4n) is 2.61. The summed E-state index contributed by atoms with van der Waals surface area (Å²) in [5.41, 5.74) is 3.87. The number of aryl methyl sites for hydroxylation is 1. The van der Waals surface area contributed by atoms with Gasteiger partial charge < -0.3 is 19.2 Å². The van der Waals surface area contributed by atoms with Gasteiger partial charge in [-0.15, -0.1) is 0 Å². The second-order valence-corrected chi connectivity index (χ2v) is 5.50. The molecule has 0 spiro atoms. The lowest BCUT2D eigenvalue weighted by Gasteiger charge is -2.36. The summed E-state index contributed by atoms with van der Waals surface area (Å²) >= 11 is 0. The molecule has 0 saturated carbocycles. The van der Waals surface area contributed by atoms with E-state index >= 15 is 0 Å². The molecule has 0 amide bonds. The first-order chi connectivity index (χ1) is 12.0. The van der Waals surface area contributed by atoms with Crippen LogP contribution in [0.25, 0.3) is 0 Å². The average molecular weight is 348 g/mol. The molecule has 1 aromatic rings. The van der Waals surface area contributed by atoms with Crippen LogP contribution in [-0.4, -0.2) is 51.7 Å². The summed E-state index contributed by atoms with van der Waals surface area (Å²) in [4.78, 5) is 20.0. The predicted octanol–water partition coefficient (Wildman–Crippen LogP) is 2.54. The molecular weight excluding hydrogens is 324 g/mol. The number of benzene rings is 1. The SMILES string of the molecule is CN=C(OC)C(=NOC)c1cc2cc(C)c1ON2C(C)C(C)=NOC. The third-order valence-corrected chi connectivity index (χ3v) is 3.93. The van der Waals surface area contributed by atoms with Crippen molar-refractivity contribution in [2.75, 3.05) is 33.4 Å². The van der Waals surface area contributed by atoms with Crippen molar-refractivity contribution in [3.8, 4) is 5.75 Å². The molecule has 0 aromatic heterocycles. The molecule has 136 valence electrons. The minimum Gasteiger partial charge on any atom is -0.480 e. The van der Waals surface area contributed by atoms with Gasteiger partial charge in [0.2, 0.25) is 5.90 Å². The highest BCUT2D eigenvalue weighted by atomic mass is 16.7. The van der Waals surface area contributed by atoms with Crippen LogP contribution >= 0.6 is 0 Å². The molecule has 0 fully saturated rings. The van der Waals surface area contributed by atoms with Crippen LogP contribution in [0.5, 0.6) is 5.75 Å². The average Bonchev–Trinajstić information content (AvgIpc) is 2.61. The highest BCUT2D eigenvalue weighted by Gasteiger charge is 2.32. The lowest BCUT2D eigenvalue weighted by atomic mass is 10.0. The van der Waals surface area contributed by atoms with Gasteiger partial charge in [0, 0.05) is 7.05 Å². The first-order valence-corrected chi connectivity index (χ1v) is 7.80. The molecule has 2 bridgehead atoms. The van der Waals surface area contributed by atoms with E-state index in [1.165, 1.54) is 21.3 Å². The number of hydrogen-bond donors (Lipinski definition) is 0. The number of hydroxylamine groups is 1. The van der Waals surface area contributed by atoms with Crippen LogP contribution in [0.3, 0.4) is 0 Å². The summed E-state index contributed by atoms with van der Waals surface area (Å²) in [6.45, 7) is 5.85. The molecule has 1 aromatic carbocycles. The Morgan fingerprint density at radius 1 is 1.16 bits per heavy atom. The van der Waals surface area contributed by atoms with Crippen LogP contribution in [0, 0.1) is 6.92 Å². The van der Waals surface area contributed by atoms with Crippen LogP contribution in [0.2, 0.25) is 0 Å². The van der Waals surface area contributed by atoms with E-state index in [9.17, 15) is 0 Å². The summed E-state index contributed by atoms with van der Waals surface area (Å²) in [5, 5.41) is 9.84. The third-order valence-electron chi connectivity index (χ3n) is 3.93. The van der Waals surface area contributed by atoms with Crippen molar-refractivity contribution >= 4 is 23.0 Å². The molecule has 0 radical (unpaired) electrons. The number of nitrogens with zero attached hydrogens (tertiary/aromatic N) is 4. The molecule has 8 nitrogen and oxygen atoms in total. The standard InChI is InChI=1S/C17H24N4O4/c1-10-8-13-9-14(15(20-24-7)17(18-4)22-5)16(10)25-21(13)12(3)11(2)19-23-6/h8-9,12H,1-7H3. The summed E-state index contributed by atoms with van der Waals surface area (Å²) in [5.74, 6) is 1.03. The Hall–Kier alpha value is -2.77. The Morgan fingerprint density at radius 2 is 1.84 bits per heavy atom. The number of methoxy groups -OCH3 is 1. The molecule has 2 heterocycles. The van der Waals surface area contributed by atoms with Crippen molar-refractivity contribution in [3.63, 3.8) is 0 Å². The van der Waals surface area contributed by atoms with Crippen molar-refractivity contribution in [1.29, 1.82) is 0 Å². The number of rotatable bonds is 6. The molecule has 1 unspecified atom stereocenters. The second-order valence-electron chi connectivity index (χ2n) is 5.50. The van der Waals surface area contributed by atoms with Gasteiger partial charge >= 0.3 is 0 Å². The summed E-state index contributed by atoms with van der Waals surface area (Å²) in [6, 6.07) is 3.90. The summed E-state index contributed by atoms with van der Waals surface area (Å²) < 4.78 is 5.31. The Bertz CT molecular complexity index is 728. The molecule has 8 heteroatoms. The summed E-state index contributed by atoms with van der Waals surface area (Å²) in [6.07, 6.45) is 0. The summed E-state index contributed by atoms with van der Waals surface area (Å²) in [7, 11) is 6.17. The van der Waals surface area contributed by atoms with Crippen LogP contribution in [0.1, 0.15) is 25.0 Å². The maximum atomic E-state index is 6.10. The van der Waals surface area contributed by atoms with E-state index in [0.29, 0.717) is 17.4 Å². The number of aliphatic imine (C=N–C) groups is 1. The Labute approximate surface area is 147 Å². The van der Waals surface area contributed by atoms with E-state index in [0.717, 1.165) is 22.5 Å². The van der Waals surface area contributed by atoms with Gasteiger partial charge in [-0.05, 0) is 38.5 Å². The van der Waals surface area contributed by atoms with Gasteiger partial charge in [0.1, 0.15) is 20.3 Å². The molecule has 0 saturated heterocycles. The smallest absolute Gasteiger partial charge is 0.239 e. The number of anilines is 1. The zero-order chi connectivity index (χ0) is 18.6. The molecule has 0 aliphatic carbocycles. The highest BCUT2D eigenvalue weighted by molar-refractivity contribution is 6.46. The van der Waals surface area contributed by atoms with Gasteiger partial charge in [0.15, 0.2) is 11.5 Å². The fourth-order valence-corrected chi connectivity index (χ4v) is 2.61. The van der Waals surface area contributed by atoms with Crippen molar-refractivity contribution in [3.05, 3.63) is 23.3 Å². The lowest BCUT2D eigenvalue weighted by Crippen LogP contribution is -2.43. The zero-order valence-electron chi connectivity index (χ0n) is 15.7. The van der Waals surface area contributed by atoms with E-state index in [1.54, 1.807) is 12.1 Å². The van der Waals surface area contributed by atoms with Gasteiger partial charge in [-0.1, -0.05) is 10.3 Å². The van der Waals surface area contributed by atoms with Crippen LogP contribution in [-0.2, 0) is 14.4 Å². The van der Waals surface area contributed by atoms with Gasteiger partial charge in [-0.2, -0.15) is 0 Å². The van der Waals surface area contributed by atoms with E-state index in [1.807, 2.05) is 32.9 Å². The minimum atomic E-state index is -0.100. The quantitative estimate of drug-likeness (QED) is 0.448. The number of fused-ring (bicyclic) bond motifs is 3. The van der Waals surface area contributed by atoms with Gasteiger partial charge in [-0.3, -0.25) is 4.99 Å². The number of oxime groups is 2. The van der Waals surface area contributed by atoms with Crippen LogP contribution in [0.15, 0.2) is 27.4 Å². The van der Waals surface area contributed by atoms with Crippen LogP contribution in [0.4, 0.5) is 5.69 Å². The molecule has 1 atom stereocenters. The fraction of sp³-hybridized carbons (Fsp3) is 0.471. The predicted molar refractivity (Wildman–Crippen MR) is 97.8 cm³/mol. The Balaban J connectivity index is 2.49. The molecule has 3 rings (SSSR count). The maximum Gasteiger partial charge on any atom is 0.239 e. The third kappa shape index (κ3) is 3.52. The second kappa shape index (κ2) is 7.87. The molecular formula is C17H24N4O4.